The molecule has 0 aliphatic carbocycles. The fourth-order valence-electron chi connectivity index (χ4n) is 1.31. The lowest BCUT2D eigenvalue weighted by Crippen LogP contribution is -2.28. The van der Waals surface area contributed by atoms with Gasteiger partial charge in [0.05, 0.1) is 25.1 Å². The Balaban J connectivity index is 2.78. The van der Waals surface area contributed by atoms with Gasteiger partial charge < -0.3 is 9.47 Å². The summed E-state index contributed by atoms with van der Waals surface area (Å²) in [7, 11) is 1.51. The molecule has 1 unspecified atom stereocenters. The Morgan fingerprint density at radius 2 is 2.16 bits per heavy atom. The van der Waals surface area contributed by atoms with E-state index in [1.165, 1.54) is 17.9 Å². The molecule has 0 radical (unpaired) electrons. The maximum Gasteiger partial charge on any atom is 0.414 e. The van der Waals surface area contributed by atoms with Crippen molar-refractivity contribution in [1.82, 2.24) is 9.78 Å². The summed E-state index contributed by atoms with van der Waals surface area (Å²) in [5.74, 6) is -0.631. The van der Waals surface area contributed by atoms with Gasteiger partial charge in [-0.1, -0.05) is 0 Å². The average molecular weight is 280 g/mol. The van der Waals surface area contributed by atoms with Gasteiger partial charge in [0, 0.05) is 7.05 Å². The molecule has 1 atom stereocenters. The summed E-state index contributed by atoms with van der Waals surface area (Å²) in [6.45, 7) is 2.34. The first-order valence-corrected chi connectivity index (χ1v) is 5.63. The number of esters is 1. The van der Waals surface area contributed by atoms with Gasteiger partial charge in [-0.05, 0) is 13.8 Å². The zero-order chi connectivity index (χ0) is 14.6. The fraction of sp³-hybridized carbons (Fsp3) is 0.636. The minimum absolute atomic E-state index is 0.110. The molecule has 19 heavy (non-hydrogen) atoms. The first kappa shape index (κ1) is 15.5. The van der Waals surface area contributed by atoms with E-state index in [2.05, 4.69) is 5.10 Å². The topological polar surface area (TPSA) is 53.3 Å². The van der Waals surface area contributed by atoms with Crippen molar-refractivity contribution >= 4 is 5.97 Å². The van der Waals surface area contributed by atoms with Crippen molar-refractivity contribution in [2.75, 3.05) is 6.61 Å². The molecule has 0 saturated heterocycles. The van der Waals surface area contributed by atoms with E-state index in [1.54, 1.807) is 6.92 Å². The molecule has 0 bridgehead atoms. The average Bonchev–Trinajstić information content (AvgIpc) is 2.66. The number of nitrogens with zero attached hydrogens (tertiary/aromatic N) is 2. The highest BCUT2D eigenvalue weighted by atomic mass is 19.4. The number of hydrogen-bond donors (Lipinski definition) is 0. The van der Waals surface area contributed by atoms with E-state index in [0.29, 0.717) is 0 Å². The van der Waals surface area contributed by atoms with Gasteiger partial charge in [-0.25, -0.2) is 4.79 Å². The molecule has 1 heterocycles. The van der Waals surface area contributed by atoms with Gasteiger partial charge >= 0.3 is 12.1 Å². The summed E-state index contributed by atoms with van der Waals surface area (Å²) < 4.78 is 47.7. The van der Waals surface area contributed by atoms with Crippen molar-refractivity contribution in [3.63, 3.8) is 0 Å². The summed E-state index contributed by atoms with van der Waals surface area (Å²) in [5.41, 5.74) is 0.355. The lowest BCUT2D eigenvalue weighted by Gasteiger charge is -2.16. The van der Waals surface area contributed by atoms with Crippen molar-refractivity contribution in [3.05, 3.63) is 17.5 Å². The van der Waals surface area contributed by atoms with Crippen LogP contribution in [0.25, 0.3) is 0 Å². The van der Waals surface area contributed by atoms with Gasteiger partial charge in [0.15, 0.2) is 6.10 Å². The summed E-state index contributed by atoms with van der Waals surface area (Å²) in [4.78, 5) is 11.6. The normalized spacial score (nSPS) is 13.4. The Bertz CT molecular complexity index is 443. The molecule has 108 valence electrons. The smallest absolute Gasteiger partial charge is 0.414 e. The molecule has 5 nitrogen and oxygen atoms in total. The van der Waals surface area contributed by atoms with Gasteiger partial charge in [0.1, 0.15) is 5.56 Å². The number of rotatable bonds is 5. The Morgan fingerprint density at radius 1 is 1.53 bits per heavy atom. The second kappa shape index (κ2) is 6.05. The number of carbonyl (C=O) groups excluding carboxylic acids is 1. The minimum Gasteiger partial charge on any atom is -0.462 e. The molecule has 8 heteroatoms. The molecule has 0 aromatic carbocycles. The van der Waals surface area contributed by atoms with E-state index in [1.807, 2.05) is 0 Å². The quantitative estimate of drug-likeness (QED) is 0.775. The summed E-state index contributed by atoms with van der Waals surface area (Å²) in [6.07, 6.45) is -5.12. The number of ether oxygens (including phenoxy) is 2. The van der Waals surface area contributed by atoms with Gasteiger partial charge in [-0.2, -0.15) is 18.3 Å². The highest BCUT2D eigenvalue weighted by molar-refractivity contribution is 5.90. The maximum atomic E-state index is 12.3. The lowest BCUT2D eigenvalue weighted by molar-refractivity contribution is -0.217. The molecule has 1 rings (SSSR count). The molecule has 0 spiro atoms. The molecular weight excluding hydrogens is 265 g/mol. The highest BCUT2D eigenvalue weighted by Crippen LogP contribution is 2.23. The van der Waals surface area contributed by atoms with Crippen molar-refractivity contribution < 1.29 is 27.4 Å². The highest BCUT2D eigenvalue weighted by Gasteiger charge is 2.37. The van der Waals surface area contributed by atoms with Crippen molar-refractivity contribution in [1.29, 1.82) is 0 Å². The Hall–Kier alpha value is -1.57. The van der Waals surface area contributed by atoms with Crippen LogP contribution in [-0.4, -0.2) is 34.6 Å². The third-order valence-electron chi connectivity index (χ3n) is 2.49. The summed E-state index contributed by atoms with van der Waals surface area (Å²) >= 11 is 0. The Labute approximate surface area is 108 Å². The standard InChI is InChI=1S/C11H15F3N2O3/c1-4-18-10(17)8-5-15-16(3)9(8)6-19-7(2)11(12,13)14/h5,7H,4,6H2,1-3H3. The van der Waals surface area contributed by atoms with Crippen LogP contribution in [-0.2, 0) is 23.1 Å². The van der Waals surface area contributed by atoms with Crippen LogP contribution in [0, 0.1) is 0 Å². The predicted octanol–water partition coefficient (Wildman–Crippen LogP) is 2.06. The van der Waals surface area contributed by atoms with Crippen LogP contribution in [0.1, 0.15) is 29.9 Å². The van der Waals surface area contributed by atoms with Crippen LogP contribution < -0.4 is 0 Å². The third kappa shape index (κ3) is 3.95. The molecule has 0 aliphatic heterocycles. The van der Waals surface area contributed by atoms with Gasteiger partial charge in [-0.3, -0.25) is 4.68 Å². The number of hydrogen-bond acceptors (Lipinski definition) is 4. The van der Waals surface area contributed by atoms with Gasteiger partial charge in [0.25, 0.3) is 0 Å². The summed E-state index contributed by atoms with van der Waals surface area (Å²) in [6, 6.07) is 0. The second-order valence-electron chi connectivity index (χ2n) is 3.84. The number of carbonyl (C=O) groups is 1. The van der Waals surface area contributed by atoms with E-state index in [4.69, 9.17) is 9.47 Å². The second-order valence-corrected chi connectivity index (χ2v) is 3.84. The third-order valence-corrected chi connectivity index (χ3v) is 2.49. The number of aromatic nitrogens is 2. The van der Waals surface area contributed by atoms with E-state index >= 15 is 0 Å². The molecule has 0 aliphatic rings. The molecule has 0 saturated carbocycles. The fourth-order valence-corrected chi connectivity index (χ4v) is 1.31. The molecule has 1 aromatic heterocycles. The van der Waals surface area contributed by atoms with E-state index in [0.717, 1.165) is 6.92 Å². The largest absolute Gasteiger partial charge is 0.462 e. The monoisotopic (exact) mass is 280 g/mol. The van der Waals surface area contributed by atoms with Crippen LogP contribution in [0.5, 0.6) is 0 Å². The molecule has 0 N–H and O–H groups in total. The molecule has 1 aromatic rings. The molecular formula is C11H15F3N2O3. The van der Waals surface area contributed by atoms with Gasteiger partial charge in [-0.15, -0.1) is 0 Å². The number of halogens is 3. The number of aryl methyl sites for hydroxylation is 1. The van der Waals surface area contributed by atoms with Crippen molar-refractivity contribution in [3.8, 4) is 0 Å². The van der Waals surface area contributed by atoms with Crippen LogP contribution in [0.3, 0.4) is 0 Å². The Morgan fingerprint density at radius 3 is 2.68 bits per heavy atom. The maximum absolute atomic E-state index is 12.3. The van der Waals surface area contributed by atoms with Gasteiger partial charge in [0.2, 0.25) is 0 Å². The van der Waals surface area contributed by atoms with Crippen LogP contribution >= 0.6 is 0 Å². The molecule has 0 fully saturated rings. The minimum atomic E-state index is -4.44. The summed E-state index contributed by atoms with van der Waals surface area (Å²) in [5, 5.41) is 3.81. The van der Waals surface area contributed by atoms with Crippen LogP contribution in [0.15, 0.2) is 6.20 Å². The zero-order valence-electron chi connectivity index (χ0n) is 10.8. The Kier molecular flexibility index (Phi) is 4.93. The van der Waals surface area contributed by atoms with E-state index in [-0.39, 0.29) is 24.5 Å². The zero-order valence-corrected chi connectivity index (χ0v) is 10.8. The SMILES string of the molecule is CCOC(=O)c1cnn(C)c1COC(C)C(F)(F)F. The number of alkyl halides is 3. The van der Waals surface area contributed by atoms with E-state index in [9.17, 15) is 18.0 Å². The van der Waals surface area contributed by atoms with E-state index < -0.39 is 18.2 Å². The molecule has 0 amide bonds. The van der Waals surface area contributed by atoms with Crippen LogP contribution in [0.2, 0.25) is 0 Å². The van der Waals surface area contributed by atoms with Crippen LogP contribution in [0.4, 0.5) is 13.2 Å². The first-order chi connectivity index (χ1) is 8.77. The van der Waals surface area contributed by atoms with Crippen molar-refractivity contribution in [2.45, 2.75) is 32.7 Å². The predicted molar refractivity (Wildman–Crippen MR) is 59.5 cm³/mol. The lowest BCUT2D eigenvalue weighted by atomic mass is 10.2. The first-order valence-electron chi connectivity index (χ1n) is 5.63. The van der Waals surface area contributed by atoms with Crippen molar-refractivity contribution in [2.24, 2.45) is 7.05 Å².